The first-order valence-electron chi connectivity index (χ1n) is 6.21. The molecular weight excluding hydrogens is 222 g/mol. The maximum Gasteiger partial charge on any atom is 0.152 e. The second-order valence-corrected chi connectivity index (χ2v) is 8.24. The molecule has 0 aliphatic carbocycles. The van der Waals surface area contributed by atoms with Crippen LogP contribution in [0.4, 0.5) is 0 Å². The number of nitrogens with zero attached hydrogens (tertiary/aromatic N) is 1. The number of hydrogen-bond acceptors (Lipinski definition) is 3. The lowest BCUT2D eigenvalue weighted by molar-refractivity contribution is 0.241. The van der Waals surface area contributed by atoms with Crippen molar-refractivity contribution in [2.45, 2.75) is 40.0 Å². The van der Waals surface area contributed by atoms with Crippen molar-refractivity contribution in [2.24, 2.45) is 5.41 Å². The molecule has 1 saturated heterocycles. The smallest absolute Gasteiger partial charge is 0.152 e. The van der Waals surface area contributed by atoms with Gasteiger partial charge in [0.05, 0.1) is 11.5 Å². The summed E-state index contributed by atoms with van der Waals surface area (Å²) in [4.78, 5) is 2.28. The van der Waals surface area contributed by atoms with Gasteiger partial charge in [0.15, 0.2) is 9.84 Å². The Hall–Kier alpha value is -0.0900. The zero-order valence-electron chi connectivity index (χ0n) is 10.8. The van der Waals surface area contributed by atoms with E-state index in [1.807, 2.05) is 20.8 Å². The molecule has 0 amide bonds. The van der Waals surface area contributed by atoms with Crippen molar-refractivity contribution in [1.29, 1.82) is 0 Å². The van der Waals surface area contributed by atoms with E-state index in [0.29, 0.717) is 11.5 Å². The summed E-state index contributed by atoms with van der Waals surface area (Å²) >= 11 is 0. The molecule has 4 heteroatoms. The topological polar surface area (TPSA) is 37.4 Å². The summed E-state index contributed by atoms with van der Waals surface area (Å²) in [6, 6.07) is 0. The first kappa shape index (κ1) is 14.0. The predicted octanol–water partition coefficient (Wildman–Crippen LogP) is 1.93. The van der Waals surface area contributed by atoms with E-state index in [2.05, 4.69) is 4.90 Å². The van der Waals surface area contributed by atoms with Crippen LogP contribution in [0.5, 0.6) is 0 Å². The maximum atomic E-state index is 11.9. The lowest BCUT2D eigenvalue weighted by Crippen LogP contribution is -2.35. The Balaban J connectivity index is 2.35. The highest BCUT2D eigenvalue weighted by Crippen LogP contribution is 2.17. The van der Waals surface area contributed by atoms with Crippen molar-refractivity contribution in [2.75, 3.05) is 31.1 Å². The number of piperidine rings is 1. The summed E-state index contributed by atoms with van der Waals surface area (Å²) in [7, 11) is -2.88. The van der Waals surface area contributed by atoms with E-state index < -0.39 is 9.84 Å². The van der Waals surface area contributed by atoms with Crippen LogP contribution in [0.1, 0.15) is 40.0 Å². The van der Waals surface area contributed by atoms with Crippen LogP contribution in [-0.2, 0) is 9.84 Å². The summed E-state index contributed by atoms with van der Waals surface area (Å²) in [5.41, 5.74) is -0.124. The Labute approximate surface area is 100 Å². The second-order valence-electron chi connectivity index (χ2n) is 6.05. The third-order valence-corrected chi connectivity index (χ3v) is 4.93. The molecule has 3 nitrogen and oxygen atoms in total. The van der Waals surface area contributed by atoms with Gasteiger partial charge in [0.1, 0.15) is 0 Å². The van der Waals surface area contributed by atoms with Crippen LogP contribution in [0.15, 0.2) is 0 Å². The van der Waals surface area contributed by atoms with Crippen molar-refractivity contribution in [3.05, 3.63) is 0 Å². The summed E-state index contributed by atoms with van der Waals surface area (Å²) < 4.78 is 23.7. The highest BCUT2D eigenvalue weighted by atomic mass is 32.2. The van der Waals surface area contributed by atoms with E-state index >= 15 is 0 Å². The molecule has 0 N–H and O–H groups in total. The molecule has 0 atom stereocenters. The van der Waals surface area contributed by atoms with Gasteiger partial charge in [-0.1, -0.05) is 27.2 Å². The number of sulfone groups is 1. The molecule has 0 bridgehead atoms. The first-order valence-corrected chi connectivity index (χ1v) is 8.03. The molecule has 0 aromatic heterocycles. The highest BCUT2D eigenvalue weighted by Gasteiger charge is 2.22. The van der Waals surface area contributed by atoms with Crippen molar-refractivity contribution >= 4 is 9.84 Å². The molecule has 1 heterocycles. The number of likely N-dealkylation sites (tertiary alicyclic amines) is 1. The molecule has 0 radical (unpaired) electrons. The normalized spacial score (nSPS) is 19.9. The van der Waals surface area contributed by atoms with E-state index in [1.54, 1.807) is 0 Å². The van der Waals surface area contributed by atoms with E-state index in [1.165, 1.54) is 19.3 Å². The molecular formula is C12H25NO2S. The fourth-order valence-electron chi connectivity index (χ4n) is 2.18. The molecule has 0 saturated carbocycles. The van der Waals surface area contributed by atoms with E-state index in [-0.39, 0.29) is 5.41 Å². The van der Waals surface area contributed by atoms with E-state index in [0.717, 1.165) is 19.6 Å². The SMILES string of the molecule is CC(C)(C)CS(=O)(=O)CCN1CCCCC1. The van der Waals surface area contributed by atoms with Crippen molar-refractivity contribution in [1.82, 2.24) is 4.90 Å². The van der Waals surface area contributed by atoms with E-state index in [9.17, 15) is 8.42 Å². The molecule has 1 fully saturated rings. The molecule has 1 aliphatic heterocycles. The average molecular weight is 247 g/mol. The van der Waals surface area contributed by atoms with Gasteiger partial charge >= 0.3 is 0 Å². The Bertz CT molecular complexity index is 297. The van der Waals surface area contributed by atoms with Gasteiger partial charge in [-0.25, -0.2) is 8.42 Å². The van der Waals surface area contributed by atoms with Crippen LogP contribution in [0, 0.1) is 5.41 Å². The zero-order valence-corrected chi connectivity index (χ0v) is 11.6. The van der Waals surface area contributed by atoms with Gasteiger partial charge < -0.3 is 4.90 Å². The number of rotatable bonds is 4. The second kappa shape index (κ2) is 5.50. The quantitative estimate of drug-likeness (QED) is 0.762. The van der Waals surface area contributed by atoms with Crippen molar-refractivity contribution in [3.63, 3.8) is 0 Å². The van der Waals surface area contributed by atoms with E-state index in [4.69, 9.17) is 0 Å². The molecule has 1 aliphatic rings. The fourth-order valence-corrected chi connectivity index (χ4v) is 4.18. The Morgan fingerprint density at radius 3 is 2.12 bits per heavy atom. The summed E-state index contributed by atoms with van der Waals surface area (Å²) in [5, 5.41) is 0. The van der Waals surface area contributed by atoms with Crippen molar-refractivity contribution < 1.29 is 8.42 Å². The first-order chi connectivity index (χ1) is 7.29. The zero-order chi connectivity index (χ0) is 12.2. The fraction of sp³-hybridized carbons (Fsp3) is 1.00. The molecule has 0 spiro atoms. The summed E-state index contributed by atoms with van der Waals surface area (Å²) in [5.74, 6) is 0.623. The van der Waals surface area contributed by atoms with Gasteiger partial charge in [0.2, 0.25) is 0 Å². The monoisotopic (exact) mass is 247 g/mol. The van der Waals surface area contributed by atoms with Crippen LogP contribution in [0.2, 0.25) is 0 Å². The van der Waals surface area contributed by atoms with Crippen LogP contribution >= 0.6 is 0 Å². The Kier molecular flexibility index (Phi) is 4.80. The third-order valence-electron chi connectivity index (χ3n) is 2.82. The Morgan fingerprint density at radius 1 is 1.06 bits per heavy atom. The largest absolute Gasteiger partial charge is 0.302 e. The van der Waals surface area contributed by atoms with Crippen LogP contribution in [0.25, 0.3) is 0 Å². The summed E-state index contributed by atoms with van der Waals surface area (Å²) in [6.07, 6.45) is 3.74. The van der Waals surface area contributed by atoms with Gasteiger partial charge in [-0.3, -0.25) is 0 Å². The standard InChI is InChI=1S/C12H25NO2S/c1-12(2,3)11-16(14,15)10-9-13-7-5-4-6-8-13/h4-11H2,1-3H3. The molecule has 1 rings (SSSR count). The third kappa shape index (κ3) is 5.85. The van der Waals surface area contributed by atoms with Gasteiger partial charge in [0.25, 0.3) is 0 Å². The van der Waals surface area contributed by atoms with Gasteiger partial charge in [-0.15, -0.1) is 0 Å². The molecule has 16 heavy (non-hydrogen) atoms. The average Bonchev–Trinajstić information content (AvgIpc) is 2.13. The van der Waals surface area contributed by atoms with Gasteiger partial charge in [-0.05, 0) is 31.3 Å². The minimum absolute atomic E-state index is 0.124. The predicted molar refractivity (Wildman–Crippen MR) is 68.4 cm³/mol. The maximum absolute atomic E-state index is 11.9. The highest BCUT2D eigenvalue weighted by molar-refractivity contribution is 7.91. The van der Waals surface area contributed by atoms with Crippen LogP contribution in [-0.4, -0.2) is 44.5 Å². The molecule has 96 valence electrons. The molecule has 0 aromatic rings. The van der Waals surface area contributed by atoms with Gasteiger partial charge in [-0.2, -0.15) is 0 Å². The van der Waals surface area contributed by atoms with Crippen LogP contribution in [0.3, 0.4) is 0 Å². The lowest BCUT2D eigenvalue weighted by Gasteiger charge is -2.26. The summed E-state index contributed by atoms with van der Waals surface area (Å²) in [6.45, 7) is 8.80. The molecule has 0 unspecified atom stereocenters. The lowest BCUT2D eigenvalue weighted by atomic mass is 10.0. The molecule has 0 aromatic carbocycles. The van der Waals surface area contributed by atoms with Gasteiger partial charge in [0, 0.05) is 6.54 Å². The van der Waals surface area contributed by atoms with Crippen molar-refractivity contribution in [3.8, 4) is 0 Å². The Morgan fingerprint density at radius 2 is 1.62 bits per heavy atom. The minimum Gasteiger partial charge on any atom is -0.302 e. The van der Waals surface area contributed by atoms with Crippen LogP contribution < -0.4 is 0 Å². The number of hydrogen-bond donors (Lipinski definition) is 0. The minimum atomic E-state index is -2.88.